The van der Waals surface area contributed by atoms with E-state index in [1.54, 1.807) is 0 Å². The minimum absolute atomic E-state index is 0.136. The predicted octanol–water partition coefficient (Wildman–Crippen LogP) is 5.17. The van der Waals surface area contributed by atoms with Crippen LogP contribution in [0.5, 0.6) is 0 Å². The number of nitrogens with zero attached hydrogens (tertiary/aromatic N) is 3. The maximum atomic E-state index is 14.6. The Labute approximate surface area is 179 Å². The first-order valence-corrected chi connectivity index (χ1v) is 10.5. The Balaban J connectivity index is 1.65. The van der Waals surface area contributed by atoms with Crippen LogP contribution < -0.4 is 10.9 Å². The van der Waals surface area contributed by atoms with Gasteiger partial charge in [0.2, 0.25) is 11.8 Å². The highest BCUT2D eigenvalue weighted by molar-refractivity contribution is 7.18. The molecule has 5 rings (SSSR count). The van der Waals surface area contributed by atoms with Gasteiger partial charge in [-0.05, 0) is 62.1 Å². The van der Waals surface area contributed by atoms with E-state index in [1.165, 1.54) is 28.0 Å². The Morgan fingerprint density at radius 1 is 1.06 bits per heavy atom. The van der Waals surface area contributed by atoms with Gasteiger partial charge in [-0.15, -0.1) is 11.3 Å². The predicted molar refractivity (Wildman–Crippen MR) is 114 cm³/mol. The van der Waals surface area contributed by atoms with Crippen LogP contribution in [0, 0.1) is 31.3 Å². The van der Waals surface area contributed by atoms with Crippen LogP contribution in [-0.4, -0.2) is 14.5 Å². The lowest BCUT2D eigenvalue weighted by Gasteiger charge is -2.21. The fourth-order valence-electron chi connectivity index (χ4n) is 4.14. The Hall–Kier alpha value is -3.20. The van der Waals surface area contributed by atoms with Gasteiger partial charge in [0, 0.05) is 11.8 Å². The van der Waals surface area contributed by atoms with Crippen molar-refractivity contribution < 1.29 is 13.2 Å². The van der Waals surface area contributed by atoms with Gasteiger partial charge >= 0.3 is 5.56 Å². The highest BCUT2D eigenvalue weighted by Gasteiger charge is 2.31. The maximum absolute atomic E-state index is 14.6. The quantitative estimate of drug-likeness (QED) is 0.476. The fraction of sp³-hybridized carbons (Fsp3) is 0.227. The number of anilines is 2. The summed E-state index contributed by atoms with van der Waals surface area (Å²) < 4.78 is 44.8. The van der Waals surface area contributed by atoms with Crippen LogP contribution in [0.15, 0.2) is 35.1 Å². The number of halogens is 3. The van der Waals surface area contributed by atoms with Crippen molar-refractivity contribution in [3.8, 4) is 0 Å². The summed E-state index contributed by atoms with van der Waals surface area (Å²) in [5.74, 6) is -2.23. The molecule has 1 unspecified atom stereocenters. The van der Waals surface area contributed by atoms with Crippen molar-refractivity contribution in [2.24, 2.45) is 0 Å². The second-order valence-corrected chi connectivity index (χ2v) is 8.86. The molecule has 1 aliphatic rings. The third-order valence-corrected chi connectivity index (χ3v) is 6.43. The lowest BCUT2D eigenvalue weighted by molar-refractivity contribution is 0.544. The topological polar surface area (TPSA) is 59.8 Å². The van der Waals surface area contributed by atoms with Crippen molar-refractivity contribution in [1.82, 2.24) is 14.5 Å². The van der Waals surface area contributed by atoms with Crippen LogP contribution in [0.3, 0.4) is 0 Å². The molecule has 1 aliphatic heterocycles. The van der Waals surface area contributed by atoms with Gasteiger partial charge in [0.15, 0.2) is 0 Å². The molecule has 2 aromatic carbocycles. The van der Waals surface area contributed by atoms with Crippen LogP contribution in [-0.2, 0) is 6.42 Å². The summed E-state index contributed by atoms with van der Waals surface area (Å²) >= 11 is 1.53. The number of nitrogens with one attached hydrogen (secondary N) is 1. The van der Waals surface area contributed by atoms with Gasteiger partial charge in [0.05, 0.1) is 27.0 Å². The summed E-state index contributed by atoms with van der Waals surface area (Å²) in [4.78, 5) is 20.6. The highest BCUT2D eigenvalue weighted by Crippen LogP contribution is 2.37. The number of fused-ring (bicyclic) bond motifs is 2. The first-order chi connectivity index (χ1) is 14.8. The summed E-state index contributed by atoms with van der Waals surface area (Å²) in [6, 6.07) is 6.51. The molecule has 2 aromatic heterocycles. The Morgan fingerprint density at radius 2 is 1.81 bits per heavy atom. The van der Waals surface area contributed by atoms with Crippen LogP contribution in [0.4, 0.5) is 24.8 Å². The number of aryl methyl sites for hydroxylation is 2. The molecule has 0 saturated carbocycles. The Bertz CT molecular complexity index is 1390. The van der Waals surface area contributed by atoms with E-state index < -0.39 is 29.1 Å². The fourth-order valence-corrected chi connectivity index (χ4v) is 4.99. The molecule has 1 N–H and O–H groups in total. The monoisotopic (exact) mass is 442 g/mol. The summed E-state index contributed by atoms with van der Waals surface area (Å²) in [6.07, 6.45) is 0.652. The lowest BCUT2D eigenvalue weighted by atomic mass is 10.0. The van der Waals surface area contributed by atoms with Crippen molar-refractivity contribution in [1.29, 1.82) is 0 Å². The van der Waals surface area contributed by atoms with E-state index in [-0.39, 0.29) is 18.1 Å². The zero-order valence-electron chi connectivity index (χ0n) is 16.7. The van der Waals surface area contributed by atoms with Crippen molar-refractivity contribution >= 4 is 33.2 Å². The smallest absolute Gasteiger partial charge is 0.310 e. The summed E-state index contributed by atoms with van der Waals surface area (Å²) in [5.41, 5.74) is 2.00. The molecule has 0 radical (unpaired) electrons. The van der Waals surface area contributed by atoms with Crippen molar-refractivity contribution in [3.05, 3.63) is 80.0 Å². The average Bonchev–Trinajstić information content (AvgIpc) is 3.28. The molecule has 3 heterocycles. The first kappa shape index (κ1) is 19.7. The molecule has 4 aromatic rings. The van der Waals surface area contributed by atoms with Gasteiger partial charge in [0.25, 0.3) is 0 Å². The van der Waals surface area contributed by atoms with Gasteiger partial charge < -0.3 is 9.88 Å². The molecule has 0 amide bonds. The van der Waals surface area contributed by atoms with Crippen molar-refractivity contribution in [2.45, 2.75) is 32.7 Å². The van der Waals surface area contributed by atoms with E-state index in [2.05, 4.69) is 15.3 Å². The molecule has 31 heavy (non-hydrogen) atoms. The molecular weight excluding hydrogens is 425 g/mol. The zero-order chi connectivity index (χ0) is 21.9. The number of rotatable bonds is 3. The summed E-state index contributed by atoms with van der Waals surface area (Å²) in [6.45, 7) is 3.81. The van der Waals surface area contributed by atoms with E-state index in [1.807, 2.05) is 26.0 Å². The highest BCUT2D eigenvalue weighted by atomic mass is 32.1. The second kappa shape index (κ2) is 7.19. The molecule has 1 atom stereocenters. The molecule has 0 spiro atoms. The van der Waals surface area contributed by atoms with Crippen molar-refractivity contribution in [2.75, 3.05) is 5.32 Å². The van der Waals surface area contributed by atoms with Crippen molar-refractivity contribution in [3.63, 3.8) is 0 Å². The molecule has 0 fully saturated rings. The van der Waals surface area contributed by atoms with Crippen LogP contribution in [0.25, 0.3) is 10.2 Å². The number of hydrogen-bond acceptors (Lipinski definition) is 5. The van der Waals surface area contributed by atoms with Gasteiger partial charge in [-0.2, -0.15) is 9.37 Å². The normalized spacial score (nSPS) is 15.5. The first-order valence-electron chi connectivity index (χ1n) is 9.72. The third-order valence-electron chi connectivity index (χ3n) is 5.49. The van der Waals surface area contributed by atoms with Crippen LogP contribution >= 0.6 is 11.3 Å². The van der Waals surface area contributed by atoms with Crippen LogP contribution in [0.1, 0.15) is 34.3 Å². The number of hydrogen-bond donors (Lipinski definition) is 1. The minimum atomic E-state index is -0.966. The maximum Gasteiger partial charge on any atom is 0.310 e. The van der Waals surface area contributed by atoms with Gasteiger partial charge in [0.1, 0.15) is 11.6 Å². The molecule has 0 aliphatic carbocycles. The molecular formula is C22H17F3N4OS. The third kappa shape index (κ3) is 3.38. The molecule has 5 nitrogen and oxygen atoms in total. The molecule has 0 saturated heterocycles. The van der Waals surface area contributed by atoms with E-state index in [0.29, 0.717) is 17.7 Å². The number of aromatic nitrogens is 3. The number of thiazole rings is 1. The van der Waals surface area contributed by atoms with Gasteiger partial charge in [-0.1, -0.05) is 0 Å². The van der Waals surface area contributed by atoms with E-state index in [0.717, 1.165) is 26.9 Å². The molecule has 9 heteroatoms. The minimum Gasteiger partial charge on any atom is -0.325 e. The Morgan fingerprint density at radius 3 is 2.55 bits per heavy atom. The van der Waals surface area contributed by atoms with E-state index in [4.69, 9.17) is 0 Å². The SMILES string of the molecule is Cc1nc2cc(C)c(Nc3nc(=O)c(F)c4n3C(c3cc(F)cc(F)c3)CC4)cc2s1. The summed E-state index contributed by atoms with van der Waals surface area (Å²) in [5, 5.41) is 4.08. The Kier molecular flexibility index (Phi) is 4.58. The molecule has 158 valence electrons. The average molecular weight is 442 g/mol. The second-order valence-electron chi connectivity index (χ2n) is 7.62. The van der Waals surface area contributed by atoms with Gasteiger partial charge in [-0.3, -0.25) is 4.79 Å². The van der Waals surface area contributed by atoms with E-state index in [9.17, 15) is 18.0 Å². The number of benzene rings is 2. The lowest BCUT2D eigenvalue weighted by Crippen LogP contribution is -2.23. The molecule has 0 bridgehead atoms. The largest absolute Gasteiger partial charge is 0.325 e. The van der Waals surface area contributed by atoms with E-state index >= 15 is 0 Å². The standard InChI is InChI=1S/C22H17F3N4OS/c1-10-5-16-19(31-11(2)26-16)9-15(10)27-22-28-21(30)20(25)18-4-3-17(29(18)22)12-6-13(23)8-14(24)7-12/h5-9,17H,3-4H2,1-2H3,(H,27,28,30). The summed E-state index contributed by atoms with van der Waals surface area (Å²) in [7, 11) is 0. The van der Waals surface area contributed by atoms with Gasteiger partial charge in [-0.25, -0.2) is 13.8 Å². The zero-order valence-corrected chi connectivity index (χ0v) is 17.5. The van der Waals surface area contributed by atoms with Crippen LogP contribution in [0.2, 0.25) is 0 Å².